The lowest BCUT2D eigenvalue weighted by Gasteiger charge is -2.09. The molecule has 0 aliphatic rings. The maximum absolute atomic E-state index is 13.4. The highest BCUT2D eigenvalue weighted by Gasteiger charge is 2.27. The predicted molar refractivity (Wildman–Crippen MR) is 53.3 cm³/mol. The van der Waals surface area contributed by atoms with Gasteiger partial charge < -0.3 is 5.11 Å². The van der Waals surface area contributed by atoms with Crippen LogP contribution in [0.15, 0.2) is 18.2 Å². The van der Waals surface area contributed by atoms with E-state index in [2.05, 4.69) is 0 Å². The Bertz CT molecular complexity index is 639. The summed E-state index contributed by atoms with van der Waals surface area (Å²) in [6.45, 7) is 0. The van der Waals surface area contributed by atoms with Crippen LogP contribution < -0.4 is 0 Å². The Labute approximate surface area is 102 Å². The second-order valence-corrected chi connectivity index (χ2v) is 3.61. The molecule has 100 valence electrons. The summed E-state index contributed by atoms with van der Waals surface area (Å²) in [6.07, 6.45) is 0. The van der Waals surface area contributed by atoms with Gasteiger partial charge >= 0.3 is 0 Å². The predicted octanol–water partition coefficient (Wildman–Crippen LogP) is 3.89. The molecule has 0 saturated carbocycles. The number of hydrogen-bond acceptors (Lipinski definition) is 1. The zero-order chi connectivity index (χ0) is 14.3. The van der Waals surface area contributed by atoms with Crippen molar-refractivity contribution >= 4 is 0 Å². The van der Waals surface area contributed by atoms with Crippen LogP contribution in [0.4, 0.5) is 26.3 Å². The van der Waals surface area contributed by atoms with Crippen molar-refractivity contribution in [2.75, 3.05) is 0 Å². The van der Waals surface area contributed by atoms with E-state index in [1.807, 2.05) is 0 Å². The van der Waals surface area contributed by atoms with Crippen LogP contribution in [0.2, 0.25) is 0 Å². The monoisotopic (exact) mass is 278 g/mol. The zero-order valence-corrected chi connectivity index (χ0v) is 8.95. The van der Waals surface area contributed by atoms with Crippen molar-refractivity contribution in [3.8, 4) is 16.9 Å². The second-order valence-electron chi connectivity index (χ2n) is 3.61. The van der Waals surface area contributed by atoms with Crippen LogP contribution in [-0.2, 0) is 0 Å². The summed E-state index contributed by atoms with van der Waals surface area (Å²) in [5.41, 5.74) is -2.01. The van der Waals surface area contributed by atoms with E-state index < -0.39 is 51.8 Å². The van der Waals surface area contributed by atoms with Gasteiger partial charge in [0.05, 0.1) is 5.56 Å². The molecule has 2 rings (SSSR count). The zero-order valence-electron chi connectivity index (χ0n) is 8.95. The molecule has 0 unspecified atom stereocenters. The fourth-order valence-electron chi connectivity index (χ4n) is 1.56. The molecule has 7 heteroatoms. The molecule has 0 bridgehead atoms. The van der Waals surface area contributed by atoms with E-state index in [-0.39, 0.29) is 0 Å². The van der Waals surface area contributed by atoms with E-state index in [0.717, 1.165) is 0 Å². The molecule has 0 aliphatic heterocycles. The maximum atomic E-state index is 13.4. The average molecular weight is 278 g/mol. The largest absolute Gasteiger partial charge is 0.507 e. The van der Waals surface area contributed by atoms with Gasteiger partial charge in [-0.15, -0.1) is 0 Å². The van der Waals surface area contributed by atoms with Crippen LogP contribution in [0, 0.1) is 34.9 Å². The van der Waals surface area contributed by atoms with E-state index in [9.17, 15) is 31.4 Å². The molecular formula is C12H4F6O. The number of aromatic hydroxyl groups is 1. The van der Waals surface area contributed by atoms with Gasteiger partial charge in [0, 0.05) is 11.6 Å². The van der Waals surface area contributed by atoms with E-state index in [1.165, 1.54) is 0 Å². The first-order valence-electron chi connectivity index (χ1n) is 4.85. The first-order chi connectivity index (χ1) is 8.84. The standard InChI is InChI=1S/C12H4F6O/c13-4-1-2-5(6(19)3-4)7-8(14)10(16)12(18)11(17)9(7)15/h1-3,19H. The molecule has 0 amide bonds. The van der Waals surface area contributed by atoms with Gasteiger partial charge in [-0.2, -0.15) is 0 Å². The molecule has 19 heavy (non-hydrogen) atoms. The van der Waals surface area contributed by atoms with Gasteiger partial charge in [0.25, 0.3) is 0 Å². The van der Waals surface area contributed by atoms with E-state index in [0.29, 0.717) is 18.2 Å². The molecule has 0 heterocycles. The van der Waals surface area contributed by atoms with Crippen molar-refractivity contribution < 1.29 is 31.4 Å². The Hall–Kier alpha value is -2.18. The number of halogens is 6. The molecule has 1 N–H and O–H groups in total. The van der Waals surface area contributed by atoms with Gasteiger partial charge in [0.1, 0.15) is 11.6 Å². The van der Waals surface area contributed by atoms with Crippen molar-refractivity contribution in [1.29, 1.82) is 0 Å². The molecule has 0 aliphatic carbocycles. The third kappa shape index (κ3) is 2.00. The highest BCUT2D eigenvalue weighted by Crippen LogP contribution is 2.36. The minimum absolute atomic E-state index is 0.493. The Balaban J connectivity index is 2.83. The Morgan fingerprint density at radius 1 is 0.684 bits per heavy atom. The van der Waals surface area contributed by atoms with Gasteiger partial charge in [-0.1, -0.05) is 0 Å². The van der Waals surface area contributed by atoms with Crippen molar-refractivity contribution in [1.82, 2.24) is 0 Å². The summed E-state index contributed by atoms with van der Waals surface area (Å²) >= 11 is 0. The molecule has 1 nitrogen and oxygen atoms in total. The lowest BCUT2D eigenvalue weighted by molar-refractivity contribution is 0.380. The van der Waals surface area contributed by atoms with Gasteiger partial charge in [0.2, 0.25) is 5.82 Å². The normalized spacial score (nSPS) is 10.8. The van der Waals surface area contributed by atoms with Crippen LogP contribution in [-0.4, -0.2) is 5.11 Å². The number of phenolic OH excluding ortho intramolecular Hbond substituents is 1. The quantitative estimate of drug-likeness (QED) is 0.476. The summed E-state index contributed by atoms with van der Waals surface area (Å²) in [4.78, 5) is 0. The SMILES string of the molecule is Oc1cc(F)ccc1-c1c(F)c(F)c(F)c(F)c1F. The summed E-state index contributed by atoms with van der Waals surface area (Å²) in [5, 5.41) is 9.33. The van der Waals surface area contributed by atoms with E-state index in [4.69, 9.17) is 0 Å². The molecule has 0 saturated heterocycles. The van der Waals surface area contributed by atoms with Crippen molar-refractivity contribution in [2.45, 2.75) is 0 Å². The molecule has 0 atom stereocenters. The maximum Gasteiger partial charge on any atom is 0.200 e. The first kappa shape index (κ1) is 13.3. The van der Waals surface area contributed by atoms with E-state index >= 15 is 0 Å². The highest BCUT2D eigenvalue weighted by atomic mass is 19.2. The summed E-state index contributed by atoms with van der Waals surface area (Å²) in [5.74, 6) is -12.7. The molecule has 0 fully saturated rings. The minimum Gasteiger partial charge on any atom is -0.507 e. The van der Waals surface area contributed by atoms with Crippen LogP contribution in [0.5, 0.6) is 5.75 Å². The summed E-state index contributed by atoms with van der Waals surface area (Å²) in [6, 6.07) is 1.92. The topological polar surface area (TPSA) is 20.2 Å². The van der Waals surface area contributed by atoms with Gasteiger partial charge in [-0.05, 0) is 12.1 Å². The third-order valence-corrected chi connectivity index (χ3v) is 2.44. The van der Waals surface area contributed by atoms with Gasteiger partial charge in [-0.3, -0.25) is 0 Å². The van der Waals surface area contributed by atoms with Crippen LogP contribution in [0.25, 0.3) is 11.1 Å². The Morgan fingerprint density at radius 3 is 1.63 bits per heavy atom. The lowest BCUT2D eigenvalue weighted by Crippen LogP contribution is -2.04. The number of hydrogen-bond donors (Lipinski definition) is 1. The summed E-state index contributed by atoms with van der Waals surface area (Å²) < 4.78 is 78.4. The molecular weight excluding hydrogens is 274 g/mol. The van der Waals surface area contributed by atoms with E-state index in [1.54, 1.807) is 0 Å². The van der Waals surface area contributed by atoms with Gasteiger partial charge in [0.15, 0.2) is 23.3 Å². The number of rotatable bonds is 1. The van der Waals surface area contributed by atoms with Crippen LogP contribution >= 0.6 is 0 Å². The van der Waals surface area contributed by atoms with Crippen LogP contribution in [0.1, 0.15) is 0 Å². The van der Waals surface area contributed by atoms with Crippen molar-refractivity contribution in [3.63, 3.8) is 0 Å². The number of benzene rings is 2. The van der Waals surface area contributed by atoms with Crippen molar-refractivity contribution in [3.05, 3.63) is 53.1 Å². The lowest BCUT2D eigenvalue weighted by atomic mass is 10.0. The average Bonchev–Trinajstić information content (AvgIpc) is 2.37. The fraction of sp³-hybridized carbons (Fsp3) is 0. The van der Waals surface area contributed by atoms with Crippen molar-refractivity contribution in [2.24, 2.45) is 0 Å². The molecule has 0 spiro atoms. The molecule has 0 radical (unpaired) electrons. The fourth-order valence-corrected chi connectivity index (χ4v) is 1.56. The highest BCUT2D eigenvalue weighted by molar-refractivity contribution is 5.71. The summed E-state index contributed by atoms with van der Waals surface area (Å²) in [7, 11) is 0. The Kier molecular flexibility index (Phi) is 3.13. The smallest absolute Gasteiger partial charge is 0.200 e. The van der Waals surface area contributed by atoms with Gasteiger partial charge in [-0.25, -0.2) is 26.3 Å². The molecule has 2 aromatic carbocycles. The Morgan fingerprint density at radius 2 is 1.16 bits per heavy atom. The minimum atomic E-state index is -2.31. The number of phenols is 1. The van der Waals surface area contributed by atoms with Crippen LogP contribution in [0.3, 0.4) is 0 Å². The molecule has 0 aromatic heterocycles. The second kappa shape index (κ2) is 4.49. The third-order valence-electron chi connectivity index (χ3n) is 2.44. The molecule has 2 aromatic rings. The first-order valence-corrected chi connectivity index (χ1v) is 4.85.